The van der Waals surface area contributed by atoms with Gasteiger partial charge < -0.3 is 5.73 Å². The van der Waals surface area contributed by atoms with Gasteiger partial charge in [0, 0.05) is 21.3 Å². The topological polar surface area (TPSA) is 56.7 Å². The first-order chi connectivity index (χ1) is 9.65. The Morgan fingerprint density at radius 2 is 2.05 bits per heavy atom. The van der Waals surface area contributed by atoms with Gasteiger partial charge in [0.05, 0.1) is 23.9 Å². The Hall–Kier alpha value is -1.85. The molecule has 0 unspecified atom stereocenters. The van der Waals surface area contributed by atoms with E-state index < -0.39 is 0 Å². The lowest BCUT2D eigenvalue weighted by Gasteiger charge is -2.10. The molecule has 0 bridgehead atoms. The molecule has 0 saturated heterocycles. The molecule has 0 amide bonds. The van der Waals surface area contributed by atoms with E-state index in [-0.39, 0.29) is 0 Å². The van der Waals surface area contributed by atoms with Crippen molar-refractivity contribution in [1.29, 1.82) is 0 Å². The molecule has 0 fully saturated rings. The molecule has 0 aliphatic heterocycles. The molecule has 20 heavy (non-hydrogen) atoms. The van der Waals surface area contributed by atoms with Crippen molar-refractivity contribution in [2.24, 2.45) is 0 Å². The van der Waals surface area contributed by atoms with Crippen molar-refractivity contribution < 1.29 is 0 Å². The Bertz CT molecular complexity index is 769. The fourth-order valence-electron chi connectivity index (χ4n) is 1.98. The molecule has 1 aromatic carbocycles. The van der Waals surface area contributed by atoms with Crippen molar-refractivity contribution in [2.75, 3.05) is 5.73 Å². The first kappa shape index (κ1) is 13.1. The molecule has 2 heterocycles. The third-order valence-corrected chi connectivity index (χ3v) is 3.75. The SMILES string of the molecule is Nc1cc(-c2cncn2-c2ccc(Cl)cc2Br)ccn1. The molecule has 0 aliphatic rings. The maximum Gasteiger partial charge on any atom is 0.123 e. The third-order valence-electron chi connectivity index (χ3n) is 2.88. The Morgan fingerprint density at radius 3 is 2.80 bits per heavy atom. The fourth-order valence-corrected chi connectivity index (χ4v) is 2.86. The van der Waals surface area contributed by atoms with Crippen molar-refractivity contribution in [1.82, 2.24) is 14.5 Å². The summed E-state index contributed by atoms with van der Waals surface area (Å²) in [5.74, 6) is 0.477. The average Bonchev–Trinajstić information content (AvgIpc) is 2.87. The van der Waals surface area contributed by atoms with Crippen LogP contribution in [0.1, 0.15) is 0 Å². The van der Waals surface area contributed by atoms with Crippen molar-refractivity contribution in [2.45, 2.75) is 0 Å². The molecule has 6 heteroatoms. The van der Waals surface area contributed by atoms with Crippen LogP contribution in [-0.4, -0.2) is 14.5 Å². The van der Waals surface area contributed by atoms with E-state index in [0.29, 0.717) is 10.8 Å². The second kappa shape index (κ2) is 5.26. The number of nitrogen functional groups attached to an aromatic ring is 1. The molecule has 4 nitrogen and oxygen atoms in total. The summed E-state index contributed by atoms with van der Waals surface area (Å²) in [4.78, 5) is 8.22. The van der Waals surface area contributed by atoms with Gasteiger partial charge in [-0.15, -0.1) is 0 Å². The summed E-state index contributed by atoms with van der Waals surface area (Å²) in [5.41, 5.74) is 8.58. The minimum atomic E-state index is 0.477. The first-order valence-electron chi connectivity index (χ1n) is 5.85. The molecule has 2 N–H and O–H groups in total. The highest BCUT2D eigenvalue weighted by Gasteiger charge is 2.10. The smallest absolute Gasteiger partial charge is 0.123 e. The van der Waals surface area contributed by atoms with Crippen LogP contribution >= 0.6 is 27.5 Å². The highest BCUT2D eigenvalue weighted by atomic mass is 79.9. The number of benzene rings is 1. The fraction of sp³-hybridized carbons (Fsp3) is 0. The van der Waals surface area contributed by atoms with Crippen LogP contribution < -0.4 is 5.73 Å². The normalized spacial score (nSPS) is 10.7. The number of imidazole rings is 1. The van der Waals surface area contributed by atoms with E-state index >= 15 is 0 Å². The van der Waals surface area contributed by atoms with Crippen LogP contribution in [0.25, 0.3) is 16.9 Å². The maximum absolute atomic E-state index is 5.98. The van der Waals surface area contributed by atoms with E-state index in [2.05, 4.69) is 25.9 Å². The third kappa shape index (κ3) is 2.42. The number of halogens is 2. The first-order valence-corrected chi connectivity index (χ1v) is 7.02. The number of hydrogen-bond donors (Lipinski definition) is 1. The Balaban J connectivity index is 2.15. The van der Waals surface area contributed by atoms with Gasteiger partial charge in [-0.1, -0.05) is 11.6 Å². The van der Waals surface area contributed by atoms with E-state index in [1.807, 2.05) is 34.9 Å². The van der Waals surface area contributed by atoms with Crippen LogP contribution in [-0.2, 0) is 0 Å². The highest BCUT2D eigenvalue weighted by Crippen LogP contribution is 2.29. The van der Waals surface area contributed by atoms with Crippen molar-refractivity contribution in [3.63, 3.8) is 0 Å². The summed E-state index contributed by atoms with van der Waals surface area (Å²) < 4.78 is 2.86. The minimum Gasteiger partial charge on any atom is -0.384 e. The zero-order valence-electron chi connectivity index (χ0n) is 10.3. The monoisotopic (exact) mass is 348 g/mol. The van der Waals surface area contributed by atoms with E-state index in [0.717, 1.165) is 21.4 Å². The number of nitrogens with two attached hydrogens (primary N) is 1. The molecule has 0 spiro atoms. The van der Waals surface area contributed by atoms with Crippen LogP contribution in [0.15, 0.2) is 53.5 Å². The molecule has 100 valence electrons. The number of anilines is 1. The molecule has 0 radical (unpaired) electrons. The van der Waals surface area contributed by atoms with Gasteiger partial charge in [0.25, 0.3) is 0 Å². The molecule has 3 aromatic rings. The summed E-state index contributed by atoms with van der Waals surface area (Å²) in [5, 5.41) is 0.676. The molecule has 2 aromatic heterocycles. The van der Waals surface area contributed by atoms with Crippen LogP contribution in [0.3, 0.4) is 0 Å². The number of rotatable bonds is 2. The second-order valence-electron chi connectivity index (χ2n) is 4.21. The summed E-state index contributed by atoms with van der Waals surface area (Å²) in [7, 11) is 0. The van der Waals surface area contributed by atoms with E-state index in [9.17, 15) is 0 Å². The largest absolute Gasteiger partial charge is 0.384 e. The Morgan fingerprint density at radius 1 is 1.20 bits per heavy atom. The molecular weight excluding hydrogens is 340 g/mol. The van der Waals surface area contributed by atoms with Gasteiger partial charge >= 0.3 is 0 Å². The highest BCUT2D eigenvalue weighted by molar-refractivity contribution is 9.10. The lowest BCUT2D eigenvalue weighted by Crippen LogP contribution is -1.97. The van der Waals surface area contributed by atoms with Gasteiger partial charge in [-0.05, 0) is 46.3 Å². The zero-order valence-corrected chi connectivity index (χ0v) is 12.6. The Kier molecular flexibility index (Phi) is 3.46. The summed E-state index contributed by atoms with van der Waals surface area (Å²) in [6.45, 7) is 0. The lowest BCUT2D eigenvalue weighted by atomic mass is 10.2. The standard InChI is InChI=1S/C14H10BrClN4/c15-11-6-10(16)1-2-12(11)20-8-18-7-13(20)9-3-4-19-14(17)5-9/h1-8H,(H2,17,19). The summed E-state index contributed by atoms with van der Waals surface area (Å²) in [6.07, 6.45) is 5.22. The molecular formula is C14H10BrClN4. The van der Waals surface area contributed by atoms with Crippen LogP contribution in [0, 0.1) is 0 Å². The van der Waals surface area contributed by atoms with Crippen LogP contribution in [0.4, 0.5) is 5.82 Å². The quantitative estimate of drug-likeness (QED) is 0.762. The van der Waals surface area contributed by atoms with Crippen molar-refractivity contribution in [3.05, 3.63) is 58.5 Å². The van der Waals surface area contributed by atoms with Crippen molar-refractivity contribution in [3.8, 4) is 16.9 Å². The number of aromatic nitrogens is 3. The Labute approximate surface area is 129 Å². The van der Waals surface area contributed by atoms with E-state index in [1.54, 1.807) is 18.7 Å². The van der Waals surface area contributed by atoms with Gasteiger partial charge in [-0.3, -0.25) is 4.57 Å². The second-order valence-corrected chi connectivity index (χ2v) is 5.50. The van der Waals surface area contributed by atoms with E-state index in [4.69, 9.17) is 17.3 Å². The average molecular weight is 350 g/mol. The number of pyridine rings is 1. The minimum absolute atomic E-state index is 0.477. The predicted octanol–water partition coefficient (Wildman–Crippen LogP) is 3.93. The van der Waals surface area contributed by atoms with Gasteiger partial charge in [0.2, 0.25) is 0 Å². The van der Waals surface area contributed by atoms with Gasteiger partial charge in [-0.2, -0.15) is 0 Å². The molecule has 3 rings (SSSR count). The number of nitrogens with zero attached hydrogens (tertiary/aromatic N) is 3. The zero-order chi connectivity index (χ0) is 14.1. The molecule has 0 saturated carbocycles. The van der Waals surface area contributed by atoms with Crippen molar-refractivity contribution >= 4 is 33.3 Å². The lowest BCUT2D eigenvalue weighted by molar-refractivity contribution is 1.05. The van der Waals surface area contributed by atoms with Gasteiger partial charge in [-0.25, -0.2) is 9.97 Å². The van der Waals surface area contributed by atoms with E-state index in [1.165, 1.54) is 0 Å². The van der Waals surface area contributed by atoms with Gasteiger partial charge in [0.15, 0.2) is 0 Å². The van der Waals surface area contributed by atoms with Gasteiger partial charge in [0.1, 0.15) is 5.82 Å². The molecule has 0 atom stereocenters. The maximum atomic E-state index is 5.98. The summed E-state index contributed by atoms with van der Waals surface area (Å²) >= 11 is 9.50. The molecule has 0 aliphatic carbocycles. The predicted molar refractivity (Wildman–Crippen MR) is 83.9 cm³/mol. The number of hydrogen-bond acceptors (Lipinski definition) is 3. The van der Waals surface area contributed by atoms with Crippen LogP contribution in [0.5, 0.6) is 0 Å². The van der Waals surface area contributed by atoms with Crippen LogP contribution in [0.2, 0.25) is 5.02 Å². The summed E-state index contributed by atoms with van der Waals surface area (Å²) in [6, 6.07) is 9.33.